The van der Waals surface area contributed by atoms with Crippen molar-refractivity contribution in [2.24, 2.45) is 5.73 Å². The monoisotopic (exact) mass is 281 g/mol. The first kappa shape index (κ1) is 10.3. The average Bonchev–Trinajstić information content (AvgIpc) is 2.50. The van der Waals surface area contributed by atoms with Crippen LogP contribution in [0.5, 0.6) is 0 Å². The molecule has 0 saturated heterocycles. The van der Waals surface area contributed by atoms with Gasteiger partial charge in [-0.1, -0.05) is 33.6 Å². The normalized spacial score (nSPS) is 28.9. The second-order valence-electron chi connectivity index (χ2n) is 3.45. The van der Waals surface area contributed by atoms with Crippen LogP contribution in [0.1, 0.15) is 12.0 Å². The summed E-state index contributed by atoms with van der Waals surface area (Å²) in [7, 11) is 0. The highest BCUT2D eigenvalue weighted by atomic mass is 79.9. The molecule has 1 fully saturated rings. The van der Waals surface area contributed by atoms with Gasteiger partial charge >= 0.3 is 0 Å². The van der Waals surface area contributed by atoms with E-state index in [9.17, 15) is 8.78 Å². The van der Waals surface area contributed by atoms with E-state index in [0.29, 0.717) is 10.0 Å². The standard InChI is InChI=1S/C9H7BrClF2N/c10-5-2-1-3-6(11)7(5)8(14)4-9(8,12)13/h1-3H,4,14H2. The molecule has 2 N–H and O–H groups in total. The molecule has 2 rings (SSSR count). The molecule has 0 heterocycles. The molecule has 1 unspecified atom stereocenters. The number of hydrogen-bond acceptors (Lipinski definition) is 1. The average molecular weight is 283 g/mol. The van der Waals surface area contributed by atoms with Crippen LogP contribution in [0.4, 0.5) is 8.78 Å². The second kappa shape index (κ2) is 2.90. The Balaban J connectivity index is 2.54. The molecular weight excluding hydrogens is 275 g/mol. The Labute approximate surface area is 93.4 Å². The van der Waals surface area contributed by atoms with Gasteiger partial charge in [0.15, 0.2) is 0 Å². The van der Waals surface area contributed by atoms with Crippen LogP contribution >= 0.6 is 27.5 Å². The van der Waals surface area contributed by atoms with Gasteiger partial charge in [0.2, 0.25) is 0 Å². The van der Waals surface area contributed by atoms with Crippen LogP contribution in [0.15, 0.2) is 22.7 Å². The smallest absolute Gasteiger partial charge is 0.272 e. The fourth-order valence-electron chi connectivity index (χ4n) is 1.50. The lowest BCUT2D eigenvalue weighted by Gasteiger charge is -2.14. The number of hydrogen-bond donors (Lipinski definition) is 1. The van der Waals surface area contributed by atoms with Gasteiger partial charge in [-0.2, -0.15) is 0 Å². The number of benzene rings is 1. The predicted molar refractivity (Wildman–Crippen MR) is 54.6 cm³/mol. The Hall–Kier alpha value is -0.190. The Morgan fingerprint density at radius 3 is 2.43 bits per heavy atom. The molecule has 0 spiro atoms. The van der Waals surface area contributed by atoms with E-state index in [1.54, 1.807) is 18.2 Å². The number of nitrogens with two attached hydrogens (primary N) is 1. The van der Waals surface area contributed by atoms with Crippen molar-refractivity contribution in [3.05, 3.63) is 33.3 Å². The summed E-state index contributed by atoms with van der Waals surface area (Å²) >= 11 is 9.01. The summed E-state index contributed by atoms with van der Waals surface area (Å²) in [6, 6.07) is 4.90. The maximum atomic E-state index is 13.0. The maximum Gasteiger partial charge on any atom is 0.272 e. The third-order valence-electron chi connectivity index (χ3n) is 2.44. The van der Waals surface area contributed by atoms with Gasteiger partial charge in [0.25, 0.3) is 5.92 Å². The molecule has 1 atom stereocenters. The van der Waals surface area contributed by atoms with E-state index in [4.69, 9.17) is 17.3 Å². The number of halogens is 4. The van der Waals surface area contributed by atoms with Gasteiger partial charge in [-0.3, -0.25) is 0 Å². The minimum atomic E-state index is -2.85. The zero-order valence-corrected chi connectivity index (χ0v) is 9.37. The minimum Gasteiger partial charge on any atom is -0.316 e. The molecular formula is C9H7BrClF2N. The summed E-state index contributed by atoms with van der Waals surface area (Å²) in [5, 5.41) is 0.277. The summed E-state index contributed by atoms with van der Waals surface area (Å²) in [6.07, 6.45) is -0.345. The van der Waals surface area contributed by atoms with E-state index in [1.165, 1.54) is 0 Å². The van der Waals surface area contributed by atoms with E-state index >= 15 is 0 Å². The van der Waals surface area contributed by atoms with E-state index < -0.39 is 11.5 Å². The Morgan fingerprint density at radius 1 is 1.43 bits per heavy atom. The molecule has 1 aliphatic rings. The van der Waals surface area contributed by atoms with Gasteiger partial charge in [-0.15, -0.1) is 0 Å². The molecule has 1 nitrogen and oxygen atoms in total. The summed E-state index contributed by atoms with van der Waals surface area (Å²) in [5.74, 6) is -2.85. The van der Waals surface area contributed by atoms with E-state index in [2.05, 4.69) is 15.9 Å². The Bertz CT molecular complexity index is 376. The van der Waals surface area contributed by atoms with Crippen molar-refractivity contribution in [2.75, 3.05) is 0 Å². The fourth-order valence-corrected chi connectivity index (χ4v) is 2.68. The molecule has 0 aromatic heterocycles. The third kappa shape index (κ3) is 1.28. The molecule has 1 aromatic carbocycles. The lowest BCUT2D eigenvalue weighted by atomic mass is 10.1. The van der Waals surface area contributed by atoms with Crippen LogP contribution < -0.4 is 5.73 Å². The van der Waals surface area contributed by atoms with Gasteiger partial charge < -0.3 is 5.73 Å². The van der Waals surface area contributed by atoms with Crippen molar-refractivity contribution in [3.8, 4) is 0 Å². The van der Waals surface area contributed by atoms with Crippen molar-refractivity contribution < 1.29 is 8.78 Å². The zero-order chi connectivity index (χ0) is 10.6. The molecule has 0 bridgehead atoms. The zero-order valence-electron chi connectivity index (χ0n) is 7.03. The predicted octanol–water partition coefficient (Wildman–Crippen LogP) is 3.30. The largest absolute Gasteiger partial charge is 0.316 e. The van der Waals surface area contributed by atoms with E-state index in [-0.39, 0.29) is 11.4 Å². The highest BCUT2D eigenvalue weighted by Gasteiger charge is 2.71. The summed E-state index contributed by atoms with van der Waals surface area (Å²) in [4.78, 5) is 0. The summed E-state index contributed by atoms with van der Waals surface area (Å²) in [5.41, 5.74) is 4.29. The number of alkyl halides is 2. The van der Waals surface area contributed by atoms with Crippen molar-refractivity contribution in [1.82, 2.24) is 0 Å². The van der Waals surface area contributed by atoms with Crippen LogP contribution in [0.2, 0.25) is 5.02 Å². The van der Waals surface area contributed by atoms with Gasteiger partial charge in [-0.05, 0) is 12.1 Å². The first-order valence-corrected chi connectivity index (χ1v) is 5.17. The highest BCUT2D eigenvalue weighted by Crippen LogP contribution is 2.60. The SMILES string of the molecule is NC1(c2c(Cl)cccc2Br)CC1(F)F. The first-order valence-electron chi connectivity index (χ1n) is 4.00. The van der Waals surface area contributed by atoms with Crippen molar-refractivity contribution in [3.63, 3.8) is 0 Å². The lowest BCUT2D eigenvalue weighted by molar-refractivity contribution is 0.0890. The number of rotatable bonds is 1. The molecule has 0 amide bonds. The summed E-state index contributed by atoms with van der Waals surface area (Å²) < 4.78 is 26.6. The topological polar surface area (TPSA) is 26.0 Å². The van der Waals surface area contributed by atoms with Gasteiger partial charge in [-0.25, -0.2) is 8.78 Å². The Kier molecular flexibility index (Phi) is 2.14. The van der Waals surface area contributed by atoms with E-state index in [0.717, 1.165) is 0 Å². The fraction of sp³-hybridized carbons (Fsp3) is 0.333. The van der Waals surface area contributed by atoms with Gasteiger partial charge in [0.05, 0.1) is 0 Å². The lowest BCUT2D eigenvalue weighted by Crippen LogP contribution is -2.28. The van der Waals surface area contributed by atoms with E-state index in [1.807, 2.05) is 0 Å². The van der Waals surface area contributed by atoms with Gasteiger partial charge in [0, 0.05) is 21.5 Å². The molecule has 0 aliphatic heterocycles. The minimum absolute atomic E-state index is 0.277. The first-order chi connectivity index (χ1) is 6.38. The quantitative estimate of drug-likeness (QED) is 0.840. The van der Waals surface area contributed by atoms with Crippen LogP contribution in [0.3, 0.4) is 0 Å². The molecule has 0 radical (unpaired) electrons. The Morgan fingerprint density at radius 2 is 2.00 bits per heavy atom. The molecule has 5 heteroatoms. The molecule has 14 heavy (non-hydrogen) atoms. The third-order valence-corrected chi connectivity index (χ3v) is 3.41. The molecule has 1 saturated carbocycles. The molecule has 1 aliphatic carbocycles. The second-order valence-corrected chi connectivity index (χ2v) is 4.71. The van der Waals surface area contributed by atoms with Crippen LogP contribution in [-0.2, 0) is 5.54 Å². The summed E-state index contributed by atoms with van der Waals surface area (Å²) in [6.45, 7) is 0. The van der Waals surface area contributed by atoms with Crippen LogP contribution in [-0.4, -0.2) is 5.92 Å². The maximum absolute atomic E-state index is 13.0. The highest BCUT2D eigenvalue weighted by molar-refractivity contribution is 9.10. The van der Waals surface area contributed by atoms with Crippen LogP contribution in [0, 0.1) is 0 Å². The van der Waals surface area contributed by atoms with Crippen molar-refractivity contribution in [2.45, 2.75) is 17.9 Å². The molecule has 1 aromatic rings. The molecule has 76 valence electrons. The van der Waals surface area contributed by atoms with Crippen molar-refractivity contribution >= 4 is 27.5 Å². The van der Waals surface area contributed by atoms with Crippen LogP contribution in [0.25, 0.3) is 0 Å². The van der Waals surface area contributed by atoms with Gasteiger partial charge in [0.1, 0.15) is 5.54 Å². The van der Waals surface area contributed by atoms with Crippen molar-refractivity contribution in [1.29, 1.82) is 0 Å².